The van der Waals surface area contributed by atoms with Crippen molar-refractivity contribution in [1.82, 2.24) is 0 Å². The van der Waals surface area contributed by atoms with Crippen LogP contribution in [0, 0.1) is 30.0 Å². The molecule has 1 heterocycles. The van der Waals surface area contributed by atoms with Crippen LogP contribution in [0.5, 0.6) is 5.75 Å². The van der Waals surface area contributed by atoms with E-state index in [4.69, 9.17) is 5.10 Å². The predicted octanol–water partition coefficient (Wildman–Crippen LogP) is 5.24. The van der Waals surface area contributed by atoms with Crippen LogP contribution in [-0.4, -0.2) is 10.8 Å². The monoisotopic (exact) mass is 397 g/mol. The highest BCUT2D eigenvalue weighted by Crippen LogP contribution is 2.46. The number of aryl methyl sites for hydroxylation is 2. The van der Waals surface area contributed by atoms with Gasteiger partial charge in [0.15, 0.2) is 0 Å². The number of halogens is 1. The molecular weight excluding hydrogens is 377 g/mol. The Morgan fingerprint density at radius 2 is 1.90 bits per heavy atom. The fourth-order valence-corrected chi connectivity index (χ4v) is 4.64. The van der Waals surface area contributed by atoms with Gasteiger partial charge in [-0.1, -0.05) is 12.1 Å². The minimum Gasteiger partial charge on any atom is -0.508 e. The highest BCUT2D eigenvalue weighted by molar-refractivity contribution is 6.07. The number of anilines is 1. The van der Waals surface area contributed by atoms with Crippen molar-refractivity contribution < 1.29 is 9.50 Å². The van der Waals surface area contributed by atoms with Gasteiger partial charge in [-0.2, -0.15) is 10.4 Å². The molecule has 0 amide bonds. The third-order valence-electron chi connectivity index (χ3n) is 6.11. The van der Waals surface area contributed by atoms with Gasteiger partial charge in [0, 0.05) is 11.5 Å². The first-order valence-corrected chi connectivity index (χ1v) is 10.0. The van der Waals surface area contributed by atoms with Crippen LogP contribution in [0.1, 0.15) is 40.3 Å². The number of nitriles is 1. The zero-order chi connectivity index (χ0) is 20.8. The third kappa shape index (κ3) is 2.93. The van der Waals surface area contributed by atoms with E-state index in [0.29, 0.717) is 5.56 Å². The largest absolute Gasteiger partial charge is 0.508 e. The molecule has 5 heteroatoms. The molecule has 1 aliphatic carbocycles. The summed E-state index contributed by atoms with van der Waals surface area (Å²) in [4.78, 5) is 0. The second-order valence-electron chi connectivity index (χ2n) is 7.92. The Bertz CT molecular complexity index is 1210. The van der Waals surface area contributed by atoms with Crippen LogP contribution >= 0.6 is 0 Å². The van der Waals surface area contributed by atoms with E-state index in [1.165, 1.54) is 12.1 Å². The summed E-state index contributed by atoms with van der Waals surface area (Å²) in [6.07, 6.45) is 1.74. The number of benzene rings is 3. The molecule has 2 atom stereocenters. The fourth-order valence-electron chi connectivity index (χ4n) is 4.64. The van der Waals surface area contributed by atoms with Crippen molar-refractivity contribution in [3.05, 3.63) is 94.3 Å². The van der Waals surface area contributed by atoms with Crippen molar-refractivity contribution in [2.75, 3.05) is 5.01 Å². The summed E-state index contributed by atoms with van der Waals surface area (Å²) in [6.45, 7) is 1.92. The standard InChI is InChI=1S/C25H20FN3O/c1-15-12-20(8-4-18(15)14-27)29-25(16-2-6-19(26)7-3-16)23-10-5-17-13-21(30)9-11-22(17)24(23)28-29/h2-4,6-9,11-13,23,25,30H,5,10H2,1H3/t23-,25-/m0/s1. The maximum absolute atomic E-state index is 13.6. The van der Waals surface area contributed by atoms with Crippen LogP contribution in [0.3, 0.4) is 0 Å². The molecule has 0 aromatic heterocycles. The van der Waals surface area contributed by atoms with Crippen molar-refractivity contribution in [3.63, 3.8) is 0 Å². The normalized spacial score (nSPS) is 19.6. The summed E-state index contributed by atoms with van der Waals surface area (Å²) in [7, 11) is 0. The molecule has 2 aliphatic rings. The number of hydrogen-bond donors (Lipinski definition) is 1. The molecule has 0 unspecified atom stereocenters. The SMILES string of the molecule is Cc1cc(N2N=C3c4ccc(O)cc4CC[C@@H]3[C@@H]2c2ccc(F)cc2)ccc1C#N. The van der Waals surface area contributed by atoms with E-state index in [0.717, 1.165) is 46.5 Å². The van der Waals surface area contributed by atoms with Gasteiger partial charge in [-0.05, 0) is 85.0 Å². The van der Waals surface area contributed by atoms with Crippen molar-refractivity contribution in [1.29, 1.82) is 5.26 Å². The number of phenols is 1. The number of aromatic hydroxyl groups is 1. The molecule has 4 nitrogen and oxygen atoms in total. The lowest BCUT2D eigenvalue weighted by Gasteiger charge is -2.31. The van der Waals surface area contributed by atoms with Gasteiger partial charge in [-0.25, -0.2) is 4.39 Å². The molecule has 0 bridgehead atoms. The van der Waals surface area contributed by atoms with Gasteiger partial charge in [-0.3, -0.25) is 5.01 Å². The zero-order valence-corrected chi connectivity index (χ0v) is 16.5. The van der Waals surface area contributed by atoms with Crippen molar-refractivity contribution in [3.8, 4) is 11.8 Å². The van der Waals surface area contributed by atoms with E-state index in [-0.39, 0.29) is 23.5 Å². The zero-order valence-electron chi connectivity index (χ0n) is 16.5. The van der Waals surface area contributed by atoms with Gasteiger partial charge in [0.2, 0.25) is 0 Å². The highest BCUT2D eigenvalue weighted by atomic mass is 19.1. The van der Waals surface area contributed by atoms with Gasteiger partial charge >= 0.3 is 0 Å². The molecule has 148 valence electrons. The van der Waals surface area contributed by atoms with Gasteiger partial charge in [0.05, 0.1) is 29.1 Å². The van der Waals surface area contributed by atoms with E-state index >= 15 is 0 Å². The van der Waals surface area contributed by atoms with Crippen LogP contribution in [-0.2, 0) is 6.42 Å². The maximum Gasteiger partial charge on any atom is 0.123 e. The van der Waals surface area contributed by atoms with Gasteiger partial charge in [0.25, 0.3) is 0 Å². The summed E-state index contributed by atoms with van der Waals surface area (Å²) < 4.78 is 13.6. The first kappa shape index (κ1) is 18.4. The summed E-state index contributed by atoms with van der Waals surface area (Å²) in [5, 5.41) is 26.2. The first-order chi connectivity index (χ1) is 14.5. The van der Waals surface area contributed by atoms with Crippen LogP contribution in [0.4, 0.5) is 10.1 Å². The van der Waals surface area contributed by atoms with Gasteiger partial charge in [0.1, 0.15) is 11.6 Å². The second-order valence-corrected chi connectivity index (χ2v) is 7.92. The van der Waals surface area contributed by atoms with Gasteiger partial charge < -0.3 is 5.11 Å². The van der Waals surface area contributed by atoms with Crippen molar-refractivity contribution >= 4 is 11.4 Å². The van der Waals surface area contributed by atoms with E-state index in [2.05, 4.69) is 6.07 Å². The Balaban J connectivity index is 1.65. The molecular formula is C25H20FN3O. The number of hydrazone groups is 1. The van der Waals surface area contributed by atoms with Crippen LogP contribution < -0.4 is 5.01 Å². The summed E-state index contributed by atoms with van der Waals surface area (Å²) in [5.41, 5.74) is 6.60. The van der Waals surface area contributed by atoms with Crippen molar-refractivity contribution in [2.24, 2.45) is 11.0 Å². The lowest BCUT2D eigenvalue weighted by molar-refractivity contribution is 0.472. The molecule has 0 fully saturated rings. The first-order valence-electron chi connectivity index (χ1n) is 10.0. The van der Waals surface area contributed by atoms with E-state index < -0.39 is 0 Å². The number of fused-ring (bicyclic) bond motifs is 3. The number of rotatable bonds is 2. The Hall–Kier alpha value is -3.65. The minimum absolute atomic E-state index is 0.0603. The predicted molar refractivity (Wildman–Crippen MR) is 114 cm³/mol. The molecule has 0 spiro atoms. The molecule has 1 aliphatic heterocycles. The molecule has 1 N–H and O–H groups in total. The van der Waals surface area contributed by atoms with E-state index in [1.807, 2.05) is 54.4 Å². The molecule has 0 radical (unpaired) electrons. The molecule has 30 heavy (non-hydrogen) atoms. The average molecular weight is 397 g/mol. The lowest BCUT2D eigenvalue weighted by atomic mass is 9.77. The maximum atomic E-state index is 13.6. The quantitative estimate of drug-likeness (QED) is 0.643. The van der Waals surface area contributed by atoms with E-state index in [9.17, 15) is 14.8 Å². The van der Waals surface area contributed by atoms with Crippen LogP contribution in [0.15, 0.2) is 65.8 Å². The topological polar surface area (TPSA) is 59.6 Å². The minimum atomic E-state index is -0.261. The number of phenolic OH excluding ortho intramolecular Hbond substituents is 1. The molecule has 0 saturated carbocycles. The average Bonchev–Trinajstić information content (AvgIpc) is 3.14. The summed E-state index contributed by atoms with van der Waals surface area (Å²) >= 11 is 0. The van der Waals surface area contributed by atoms with Crippen molar-refractivity contribution in [2.45, 2.75) is 25.8 Å². The lowest BCUT2D eigenvalue weighted by Crippen LogP contribution is -2.28. The van der Waals surface area contributed by atoms with Crippen LogP contribution in [0.25, 0.3) is 0 Å². The molecule has 3 aromatic carbocycles. The summed E-state index contributed by atoms with van der Waals surface area (Å²) in [6, 6.07) is 20.0. The number of nitrogens with zero attached hydrogens (tertiary/aromatic N) is 3. The molecule has 0 saturated heterocycles. The highest BCUT2D eigenvalue weighted by Gasteiger charge is 2.42. The molecule has 5 rings (SSSR count). The van der Waals surface area contributed by atoms with Gasteiger partial charge in [-0.15, -0.1) is 0 Å². The smallest absolute Gasteiger partial charge is 0.123 e. The van der Waals surface area contributed by atoms with Crippen LogP contribution in [0.2, 0.25) is 0 Å². The van der Waals surface area contributed by atoms with E-state index in [1.54, 1.807) is 6.07 Å². The Morgan fingerprint density at radius 1 is 1.10 bits per heavy atom. The molecule has 3 aromatic rings. The Morgan fingerprint density at radius 3 is 2.63 bits per heavy atom. The third-order valence-corrected chi connectivity index (χ3v) is 6.11. The summed E-state index contributed by atoms with van der Waals surface area (Å²) in [5.74, 6) is 0.159. The number of hydrogen-bond acceptors (Lipinski definition) is 4. The Kier molecular flexibility index (Phi) is 4.29. The second kappa shape index (κ2) is 7.00. The fraction of sp³-hybridized carbons (Fsp3) is 0.200. The Labute approximate surface area is 174 Å².